The largest absolute Gasteiger partial charge is 0.464 e. The molecule has 3 aromatic rings. The van der Waals surface area contributed by atoms with Crippen LogP contribution in [0.1, 0.15) is 10.4 Å². The third kappa shape index (κ3) is 2.20. The summed E-state index contributed by atoms with van der Waals surface area (Å²) in [5.74, 6) is 0.217. The third-order valence-electron chi connectivity index (χ3n) is 3.10. The van der Waals surface area contributed by atoms with Gasteiger partial charge in [0.2, 0.25) is 0 Å². The highest BCUT2D eigenvalue weighted by Gasteiger charge is 2.18. The van der Waals surface area contributed by atoms with Gasteiger partial charge in [-0.1, -0.05) is 12.1 Å². The third-order valence-corrected chi connectivity index (χ3v) is 3.10. The molecule has 2 aromatic heterocycles. The summed E-state index contributed by atoms with van der Waals surface area (Å²) in [6.07, 6.45) is 1.57. The van der Waals surface area contributed by atoms with Crippen LogP contribution in [0.15, 0.2) is 41.0 Å². The Morgan fingerprint density at radius 2 is 2.00 bits per heavy atom. The van der Waals surface area contributed by atoms with Gasteiger partial charge in [-0.2, -0.15) is 0 Å². The van der Waals surface area contributed by atoms with Gasteiger partial charge in [-0.15, -0.1) is 0 Å². The first-order chi connectivity index (χ1) is 10.1. The summed E-state index contributed by atoms with van der Waals surface area (Å²) in [5, 5.41) is 2.96. The van der Waals surface area contributed by atoms with Crippen molar-refractivity contribution in [1.29, 1.82) is 0 Å². The number of anilines is 1. The van der Waals surface area contributed by atoms with Crippen molar-refractivity contribution in [3.8, 4) is 11.3 Å². The zero-order valence-corrected chi connectivity index (χ0v) is 10.8. The number of aromatic amines is 1. The van der Waals surface area contributed by atoms with Gasteiger partial charge >= 0.3 is 6.03 Å². The van der Waals surface area contributed by atoms with E-state index in [-0.39, 0.29) is 11.4 Å². The van der Waals surface area contributed by atoms with Gasteiger partial charge in [0.1, 0.15) is 11.6 Å². The topological polar surface area (TPSA) is 127 Å². The normalized spacial score (nSPS) is 10.7. The molecule has 3 amide bonds. The molecule has 0 spiro atoms. The van der Waals surface area contributed by atoms with Gasteiger partial charge in [0.15, 0.2) is 0 Å². The minimum absolute atomic E-state index is 0.182. The van der Waals surface area contributed by atoms with Gasteiger partial charge in [0.05, 0.1) is 11.8 Å². The molecule has 0 fully saturated rings. The van der Waals surface area contributed by atoms with E-state index >= 15 is 0 Å². The fourth-order valence-corrected chi connectivity index (χ4v) is 2.27. The van der Waals surface area contributed by atoms with Crippen LogP contribution in [0.5, 0.6) is 0 Å². The molecule has 1 aromatic carbocycles. The standard InChI is InChI=1S/C14H12N4O3/c15-12(19)11-8-4-3-7(10-2-1-5-21-10)6-9(8)17-13(11)18-14(16)20/h1-6,17H,(H2,15,19)(H3,16,18,20). The molecule has 7 heteroatoms. The van der Waals surface area contributed by atoms with E-state index in [9.17, 15) is 9.59 Å². The van der Waals surface area contributed by atoms with E-state index in [1.54, 1.807) is 30.5 Å². The predicted octanol–water partition coefficient (Wildman–Crippen LogP) is 2.02. The fraction of sp³-hybridized carbons (Fsp3) is 0. The lowest BCUT2D eigenvalue weighted by molar-refractivity contribution is 0.100. The summed E-state index contributed by atoms with van der Waals surface area (Å²) in [5.41, 5.74) is 12.1. The Morgan fingerprint density at radius 1 is 1.19 bits per heavy atom. The van der Waals surface area contributed by atoms with E-state index in [1.807, 2.05) is 6.07 Å². The number of benzene rings is 1. The lowest BCUT2D eigenvalue weighted by Crippen LogP contribution is -2.22. The summed E-state index contributed by atoms with van der Waals surface area (Å²) in [7, 11) is 0. The average Bonchev–Trinajstić information content (AvgIpc) is 3.03. The van der Waals surface area contributed by atoms with Crippen molar-refractivity contribution in [3.05, 3.63) is 42.2 Å². The molecule has 2 heterocycles. The zero-order valence-electron chi connectivity index (χ0n) is 10.8. The van der Waals surface area contributed by atoms with Crippen molar-refractivity contribution in [2.24, 2.45) is 11.5 Å². The van der Waals surface area contributed by atoms with Crippen LogP contribution in [-0.2, 0) is 0 Å². The Kier molecular flexibility index (Phi) is 2.87. The summed E-state index contributed by atoms with van der Waals surface area (Å²) in [6, 6.07) is 8.15. The first-order valence-corrected chi connectivity index (χ1v) is 6.12. The molecular weight excluding hydrogens is 272 g/mol. The van der Waals surface area contributed by atoms with Crippen LogP contribution in [-0.4, -0.2) is 16.9 Å². The Labute approximate surface area is 118 Å². The summed E-state index contributed by atoms with van der Waals surface area (Å²) in [6.45, 7) is 0. The number of H-pyrrole nitrogens is 1. The van der Waals surface area contributed by atoms with Gasteiger partial charge in [0.25, 0.3) is 5.91 Å². The molecule has 21 heavy (non-hydrogen) atoms. The molecule has 0 aliphatic heterocycles. The van der Waals surface area contributed by atoms with E-state index in [0.717, 1.165) is 5.56 Å². The van der Waals surface area contributed by atoms with E-state index < -0.39 is 11.9 Å². The van der Waals surface area contributed by atoms with Gasteiger partial charge in [-0.3, -0.25) is 10.1 Å². The lowest BCUT2D eigenvalue weighted by Gasteiger charge is -2.00. The van der Waals surface area contributed by atoms with Crippen molar-refractivity contribution in [3.63, 3.8) is 0 Å². The number of carbonyl (C=O) groups is 2. The summed E-state index contributed by atoms with van der Waals surface area (Å²) < 4.78 is 5.32. The molecular formula is C14H12N4O3. The molecule has 0 unspecified atom stereocenters. The monoisotopic (exact) mass is 284 g/mol. The first-order valence-electron chi connectivity index (χ1n) is 6.12. The summed E-state index contributed by atoms with van der Waals surface area (Å²) in [4.78, 5) is 25.5. The first kappa shape index (κ1) is 12.8. The van der Waals surface area contributed by atoms with E-state index in [2.05, 4.69) is 10.3 Å². The molecule has 106 valence electrons. The molecule has 0 saturated carbocycles. The number of carbonyl (C=O) groups excluding carboxylic acids is 2. The second kappa shape index (κ2) is 4.71. The van der Waals surface area contributed by atoms with E-state index in [1.165, 1.54) is 0 Å². The highest BCUT2D eigenvalue weighted by atomic mass is 16.3. The number of fused-ring (bicyclic) bond motifs is 1. The second-order valence-electron chi connectivity index (χ2n) is 4.47. The maximum Gasteiger partial charge on any atom is 0.317 e. The van der Waals surface area contributed by atoms with Crippen LogP contribution < -0.4 is 16.8 Å². The van der Waals surface area contributed by atoms with Crippen molar-refractivity contribution in [2.75, 3.05) is 5.32 Å². The van der Waals surface area contributed by atoms with E-state index in [0.29, 0.717) is 16.7 Å². The molecule has 0 radical (unpaired) electrons. The Balaban J connectivity index is 2.18. The van der Waals surface area contributed by atoms with Crippen LogP contribution in [0.2, 0.25) is 0 Å². The second-order valence-corrected chi connectivity index (χ2v) is 4.47. The molecule has 0 aliphatic rings. The Bertz CT molecular complexity index is 833. The van der Waals surface area contributed by atoms with E-state index in [4.69, 9.17) is 15.9 Å². The van der Waals surface area contributed by atoms with Crippen molar-refractivity contribution in [2.45, 2.75) is 0 Å². The quantitative estimate of drug-likeness (QED) is 0.587. The van der Waals surface area contributed by atoms with Gasteiger partial charge < -0.3 is 20.9 Å². The molecule has 0 atom stereocenters. The smallest absolute Gasteiger partial charge is 0.317 e. The number of nitrogens with one attached hydrogen (secondary N) is 2. The van der Waals surface area contributed by atoms with Crippen LogP contribution in [0, 0.1) is 0 Å². The highest BCUT2D eigenvalue weighted by Crippen LogP contribution is 2.30. The highest BCUT2D eigenvalue weighted by molar-refractivity contribution is 6.13. The number of hydrogen-bond acceptors (Lipinski definition) is 3. The molecule has 3 rings (SSSR count). The molecule has 0 bridgehead atoms. The van der Waals surface area contributed by atoms with Crippen LogP contribution in [0.3, 0.4) is 0 Å². The Morgan fingerprint density at radius 3 is 2.62 bits per heavy atom. The SMILES string of the molecule is NC(=O)Nc1[nH]c2cc(-c3ccco3)ccc2c1C(N)=O. The number of hydrogen-bond donors (Lipinski definition) is 4. The average molecular weight is 284 g/mol. The predicted molar refractivity (Wildman–Crippen MR) is 77.7 cm³/mol. The van der Waals surface area contributed by atoms with Crippen molar-refractivity contribution >= 4 is 28.7 Å². The number of rotatable bonds is 3. The molecule has 6 N–H and O–H groups in total. The van der Waals surface area contributed by atoms with Crippen LogP contribution in [0.4, 0.5) is 10.6 Å². The lowest BCUT2D eigenvalue weighted by atomic mass is 10.1. The van der Waals surface area contributed by atoms with Crippen LogP contribution >= 0.6 is 0 Å². The maximum absolute atomic E-state index is 11.6. The number of aromatic nitrogens is 1. The number of urea groups is 1. The minimum Gasteiger partial charge on any atom is -0.464 e. The minimum atomic E-state index is -0.782. The number of primary amides is 2. The van der Waals surface area contributed by atoms with Gasteiger partial charge in [0, 0.05) is 16.5 Å². The number of amides is 3. The van der Waals surface area contributed by atoms with Gasteiger partial charge in [-0.05, 0) is 18.2 Å². The molecule has 0 aliphatic carbocycles. The number of nitrogens with two attached hydrogens (primary N) is 2. The zero-order chi connectivity index (χ0) is 15.0. The van der Waals surface area contributed by atoms with Crippen molar-refractivity contribution in [1.82, 2.24) is 4.98 Å². The number of furan rings is 1. The summed E-state index contributed by atoms with van der Waals surface area (Å²) >= 11 is 0. The van der Waals surface area contributed by atoms with Crippen LogP contribution in [0.25, 0.3) is 22.2 Å². The van der Waals surface area contributed by atoms with Crippen molar-refractivity contribution < 1.29 is 14.0 Å². The molecule has 7 nitrogen and oxygen atoms in total. The maximum atomic E-state index is 11.6. The Hall–Kier alpha value is -3.22. The fourth-order valence-electron chi connectivity index (χ4n) is 2.27. The van der Waals surface area contributed by atoms with Gasteiger partial charge in [-0.25, -0.2) is 4.79 Å². The molecule has 0 saturated heterocycles.